The number of thioether (sulfide) groups is 1. The van der Waals surface area contributed by atoms with Gasteiger partial charge >= 0.3 is 0 Å². The maximum absolute atomic E-state index is 2.37. The van der Waals surface area contributed by atoms with E-state index >= 15 is 0 Å². The molecule has 0 heterocycles. The predicted molar refractivity (Wildman–Crippen MR) is 112 cm³/mol. The van der Waals surface area contributed by atoms with E-state index in [1.165, 1.54) is 88.4 Å². The molecule has 1 aromatic rings. The van der Waals surface area contributed by atoms with Gasteiger partial charge in [-0.05, 0) is 25.0 Å². The van der Waals surface area contributed by atoms with E-state index in [-0.39, 0.29) is 0 Å². The lowest BCUT2D eigenvalue weighted by Gasteiger charge is -2.02. The van der Waals surface area contributed by atoms with Crippen molar-refractivity contribution in [3.8, 4) is 0 Å². The Morgan fingerprint density at radius 2 is 1.21 bits per heavy atom. The van der Waals surface area contributed by atoms with Gasteiger partial charge in [-0.25, -0.2) is 0 Å². The minimum absolute atomic E-state index is 1.10. The largest absolute Gasteiger partial charge is 0.122 e. The Bertz CT molecular complexity index is 382. The molecule has 0 atom stereocenters. The first-order chi connectivity index (χ1) is 11.9. The highest BCUT2D eigenvalue weighted by molar-refractivity contribution is 7.99. The van der Waals surface area contributed by atoms with E-state index in [1.54, 1.807) is 0 Å². The van der Waals surface area contributed by atoms with Gasteiger partial charge < -0.3 is 0 Å². The number of allylic oxidation sites excluding steroid dienone is 1. The molecule has 0 unspecified atom stereocenters. The Labute approximate surface area is 155 Å². The van der Waals surface area contributed by atoms with Crippen molar-refractivity contribution in [1.82, 2.24) is 0 Å². The van der Waals surface area contributed by atoms with Gasteiger partial charge in [0.2, 0.25) is 0 Å². The molecule has 0 fully saturated rings. The highest BCUT2D eigenvalue weighted by atomic mass is 32.2. The van der Waals surface area contributed by atoms with Gasteiger partial charge in [0.25, 0.3) is 0 Å². The van der Waals surface area contributed by atoms with Gasteiger partial charge in [0.1, 0.15) is 0 Å². The zero-order valence-electron chi connectivity index (χ0n) is 15.8. The molecule has 1 aromatic carbocycles. The Morgan fingerprint density at radius 1 is 0.667 bits per heavy atom. The normalized spacial score (nSPS) is 11.4. The smallest absolute Gasteiger partial charge is 0.0160 e. The summed E-state index contributed by atoms with van der Waals surface area (Å²) in [4.78, 5) is 1.37. The Hall–Kier alpha value is -0.690. The SMILES string of the molecule is CCCCCCCCCCCCCC/C=C/CSc1ccccc1. The first-order valence-electron chi connectivity index (χ1n) is 10.3. The molecule has 0 aliphatic rings. The van der Waals surface area contributed by atoms with Crippen molar-refractivity contribution in [2.45, 2.75) is 95.3 Å². The molecule has 0 aliphatic carbocycles. The summed E-state index contributed by atoms with van der Waals surface area (Å²) in [6.45, 7) is 2.29. The summed E-state index contributed by atoms with van der Waals surface area (Å²) >= 11 is 1.92. The standard InChI is InChI=1S/C23H38S/c1-2-3-4-5-6-7-8-9-10-11-12-13-14-15-19-22-24-23-20-17-16-18-21-23/h15-21H,2-14,22H2,1H3/b19-15+. The molecule has 0 aliphatic heterocycles. The lowest BCUT2D eigenvalue weighted by atomic mass is 10.0. The van der Waals surface area contributed by atoms with Gasteiger partial charge in [0.05, 0.1) is 0 Å². The van der Waals surface area contributed by atoms with E-state index in [1.807, 2.05) is 11.8 Å². The van der Waals surface area contributed by atoms with Gasteiger partial charge in [0, 0.05) is 10.6 Å². The van der Waals surface area contributed by atoms with Crippen molar-refractivity contribution >= 4 is 11.8 Å². The minimum Gasteiger partial charge on any atom is -0.122 e. The summed E-state index contributed by atoms with van der Waals surface area (Å²) in [6.07, 6.45) is 23.2. The van der Waals surface area contributed by atoms with Crippen molar-refractivity contribution in [3.05, 3.63) is 42.5 Å². The number of benzene rings is 1. The van der Waals surface area contributed by atoms with Crippen LogP contribution in [0.5, 0.6) is 0 Å². The van der Waals surface area contributed by atoms with Crippen LogP contribution in [-0.2, 0) is 0 Å². The molecule has 0 bridgehead atoms. The number of hydrogen-bond donors (Lipinski definition) is 0. The molecule has 0 N–H and O–H groups in total. The van der Waals surface area contributed by atoms with Gasteiger partial charge in [-0.3, -0.25) is 0 Å². The highest BCUT2D eigenvalue weighted by Crippen LogP contribution is 2.17. The highest BCUT2D eigenvalue weighted by Gasteiger charge is 1.93. The molecule has 0 saturated heterocycles. The van der Waals surface area contributed by atoms with Crippen LogP contribution in [0.2, 0.25) is 0 Å². The van der Waals surface area contributed by atoms with Crippen LogP contribution >= 0.6 is 11.8 Å². The fourth-order valence-corrected chi connectivity index (χ4v) is 3.72. The van der Waals surface area contributed by atoms with Crippen molar-refractivity contribution in [2.75, 3.05) is 5.75 Å². The fraction of sp³-hybridized carbons (Fsp3) is 0.652. The maximum atomic E-state index is 2.37. The topological polar surface area (TPSA) is 0 Å². The van der Waals surface area contributed by atoms with Crippen molar-refractivity contribution in [1.29, 1.82) is 0 Å². The Morgan fingerprint density at radius 3 is 1.79 bits per heavy atom. The summed E-state index contributed by atoms with van der Waals surface area (Å²) < 4.78 is 0. The molecule has 1 rings (SSSR count). The number of hydrogen-bond acceptors (Lipinski definition) is 1. The third-order valence-corrected chi connectivity index (χ3v) is 5.45. The van der Waals surface area contributed by atoms with E-state index in [0.29, 0.717) is 0 Å². The molecule has 1 heteroatoms. The van der Waals surface area contributed by atoms with E-state index in [0.717, 1.165) is 5.75 Å². The van der Waals surface area contributed by atoms with Gasteiger partial charge in [0.15, 0.2) is 0 Å². The molecule has 0 spiro atoms. The summed E-state index contributed by atoms with van der Waals surface area (Å²) in [5, 5.41) is 0. The van der Waals surface area contributed by atoms with Crippen LogP contribution in [0.1, 0.15) is 90.4 Å². The lowest BCUT2D eigenvalue weighted by Crippen LogP contribution is -1.82. The average Bonchev–Trinajstić information content (AvgIpc) is 2.62. The molecule has 0 radical (unpaired) electrons. The van der Waals surface area contributed by atoms with Crippen molar-refractivity contribution < 1.29 is 0 Å². The molecule has 0 nitrogen and oxygen atoms in total. The third kappa shape index (κ3) is 13.7. The van der Waals surface area contributed by atoms with Crippen LogP contribution in [0.15, 0.2) is 47.4 Å². The zero-order chi connectivity index (χ0) is 17.1. The summed E-state index contributed by atoms with van der Waals surface area (Å²) in [7, 11) is 0. The second kappa shape index (κ2) is 17.1. The lowest BCUT2D eigenvalue weighted by molar-refractivity contribution is 0.545. The third-order valence-electron chi connectivity index (χ3n) is 4.48. The maximum Gasteiger partial charge on any atom is 0.0160 e. The van der Waals surface area contributed by atoms with Gasteiger partial charge in [-0.15, -0.1) is 11.8 Å². The van der Waals surface area contributed by atoms with Crippen LogP contribution in [-0.4, -0.2) is 5.75 Å². The first kappa shape index (κ1) is 21.4. The van der Waals surface area contributed by atoms with Crippen LogP contribution in [0.3, 0.4) is 0 Å². The van der Waals surface area contributed by atoms with Crippen LogP contribution in [0.25, 0.3) is 0 Å². The Kier molecular flexibility index (Phi) is 15.3. The summed E-state index contributed by atoms with van der Waals surface area (Å²) in [6, 6.07) is 10.7. The first-order valence-corrected chi connectivity index (χ1v) is 11.2. The second-order valence-corrected chi connectivity index (χ2v) is 7.87. The van der Waals surface area contributed by atoms with Crippen molar-refractivity contribution in [3.63, 3.8) is 0 Å². The Balaban J connectivity index is 1.76. The molecule has 0 aromatic heterocycles. The molecule has 0 amide bonds. The van der Waals surface area contributed by atoms with E-state index in [9.17, 15) is 0 Å². The monoisotopic (exact) mass is 346 g/mol. The number of unbranched alkanes of at least 4 members (excludes halogenated alkanes) is 12. The fourth-order valence-electron chi connectivity index (χ4n) is 2.95. The van der Waals surface area contributed by atoms with E-state index < -0.39 is 0 Å². The van der Waals surface area contributed by atoms with Gasteiger partial charge in [-0.1, -0.05) is 108 Å². The summed E-state index contributed by atoms with van der Waals surface area (Å²) in [5.74, 6) is 1.10. The predicted octanol–water partition coefficient (Wildman–Crippen LogP) is 8.43. The van der Waals surface area contributed by atoms with Crippen LogP contribution in [0, 0.1) is 0 Å². The van der Waals surface area contributed by atoms with Gasteiger partial charge in [-0.2, -0.15) is 0 Å². The molecule has 24 heavy (non-hydrogen) atoms. The molecule has 0 saturated carbocycles. The van der Waals surface area contributed by atoms with Crippen LogP contribution in [0.4, 0.5) is 0 Å². The second-order valence-electron chi connectivity index (χ2n) is 6.77. The summed E-state index contributed by atoms with van der Waals surface area (Å²) in [5.41, 5.74) is 0. The molecular weight excluding hydrogens is 308 g/mol. The minimum atomic E-state index is 1.10. The average molecular weight is 347 g/mol. The van der Waals surface area contributed by atoms with E-state index in [4.69, 9.17) is 0 Å². The van der Waals surface area contributed by atoms with Crippen molar-refractivity contribution in [2.24, 2.45) is 0 Å². The molecule has 136 valence electrons. The quantitative estimate of drug-likeness (QED) is 0.164. The van der Waals surface area contributed by atoms with E-state index in [2.05, 4.69) is 49.4 Å². The van der Waals surface area contributed by atoms with Crippen LogP contribution < -0.4 is 0 Å². The zero-order valence-corrected chi connectivity index (χ0v) is 16.7. The number of rotatable bonds is 16. The molecular formula is C23H38S.